The van der Waals surface area contributed by atoms with Crippen LogP contribution in [0.5, 0.6) is 11.6 Å². The van der Waals surface area contributed by atoms with Gasteiger partial charge in [-0.1, -0.05) is 0 Å². The van der Waals surface area contributed by atoms with Crippen LogP contribution in [0.1, 0.15) is 60.4 Å². The van der Waals surface area contributed by atoms with Crippen LogP contribution in [-0.2, 0) is 13.6 Å². The Morgan fingerprint density at radius 1 is 1.23 bits per heavy atom. The van der Waals surface area contributed by atoms with Gasteiger partial charge in [-0.15, -0.1) is 0 Å². The monoisotopic (exact) mass is 597 g/mol. The van der Waals surface area contributed by atoms with Gasteiger partial charge in [0.15, 0.2) is 11.3 Å². The molecule has 3 aromatic heterocycles. The Balaban J connectivity index is 1.09. The Kier molecular flexibility index (Phi) is 6.98. The van der Waals surface area contributed by atoms with Crippen LogP contribution in [0.25, 0.3) is 21.9 Å². The SMILES string of the molecule is Cn1ncc2cc(C(N)=O)c(OC3CC4(CC(NC(=O)c5nn(CC(F)F)c6cc(OCC(C)(C)O)ccc56)C4)C3)nc21. The predicted octanol–water partition coefficient (Wildman–Crippen LogP) is 2.95. The second kappa shape index (κ2) is 10.4. The van der Waals surface area contributed by atoms with Gasteiger partial charge in [0.05, 0.1) is 17.3 Å². The Hall–Kier alpha value is -4.33. The van der Waals surface area contributed by atoms with Crippen LogP contribution < -0.4 is 20.5 Å². The molecule has 0 aliphatic heterocycles. The van der Waals surface area contributed by atoms with Crippen molar-refractivity contribution < 1.29 is 33.0 Å². The number of aryl methyl sites for hydroxylation is 1. The molecule has 1 aromatic carbocycles. The fourth-order valence-electron chi connectivity index (χ4n) is 6.09. The van der Waals surface area contributed by atoms with Crippen molar-refractivity contribution in [2.45, 2.75) is 70.2 Å². The molecule has 3 heterocycles. The summed E-state index contributed by atoms with van der Waals surface area (Å²) in [7, 11) is 1.75. The highest BCUT2D eigenvalue weighted by atomic mass is 19.3. The molecule has 0 bridgehead atoms. The first-order valence-corrected chi connectivity index (χ1v) is 14.0. The average molecular weight is 598 g/mol. The molecule has 2 saturated carbocycles. The van der Waals surface area contributed by atoms with Gasteiger partial charge in [-0.2, -0.15) is 15.2 Å². The molecule has 2 fully saturated rings. The van der Waals surface area contributed by atoms with Gasteiger partial charge in [0, 0.05) is 29.9 Å². The molecular formula is C29H33F2N7O5. The van der Waals surface area contributed by atoms with E-state index in [9.17, 15) is 23.5 Å². The zero-order valence-electron chi connectivity index (χ0n) is 24.0. The van der Waals surface area contributed by atoms with E-state index in [1.807, 2.05) is 0 Å². The number of nitrogens with zero attached hydrogens (tertiary/aromatic N) is 5. The van der Waals surface area contributed by atoms with Crippen molar-refractivity contribution in [2.24, 2.45) is 18.2 Å². The van der Waals surface area contributed by atoms with Gasteiger partial charge in [0.25, 0.3) is 18.2 Å². The number of fused-ring (bicyclic) bond motifs is 2. The van der Waals surface area contributed by atoms with E-state index in [2.05, 4.69) is 20.5 Å². The smallest absolute Gasteiger partial charge is 0.272 e. The number of nitrogens with one attached hydrogen (secondary N) is 1. The zero-order chi connectivity index (χ0) is 30.7. The first-order valence-electron chi connectivity index (χ1n) is 14.0. The highest BCUT2D eigenvalue weighted by Crippen LogP contribution is 2.57. The molecule has 14 heteroatoms. The lowest BCUT2D eigenvalue weighted by Gasteiger charge is -2.57. The number of carbonyl (C=O) groups is 2. The maximum Gasteiger partial charge on any atom is 0.272 e. The van der Waals surface area contributed by atoms with Crippen LogP contribution >= 0.6 is 0 Å². The van der Waals surface area contributed by atoms with Crippen LogP contribution in [0.15, 0.2) is 30.5 Å². The second-order valence-corrected chi connectivity index (χ2v) is 12.3. The minimum atomic E-state index is -2.67. The number of aliphatic hydroxyl groups is 1. The Morgan fingerprint density at radius 2 is 1.98 bits per heavy atom. The van der Waals surface area contributed by atoms with E-state index in [4.69, 9.17) is 15.2 Å². The number of halogens is 2. The van der Waals surface area contributed by atoms with Crippen molar-refractivity contribution in [1.82, 2.24) is 29.9 Å². The molecule has 2 aliphatic rings. The number of carbonyl (C=O) groups excluding carboxylic acids is 2. The third-order valence-electron chi connectivity index (χ3n) is 8.07. The van der Waals surface area contributed by atoms with Gasteiger partial charge < -0.3 is 25.6 Å². The Bertz CT molecular complexity index is 1710. The van der Waals surface area contributed by atoms with E-state index in [0.29, 0.717) is 27.7 Å². The lowest BCUT2D eigenvalue weighted by atomic mass is 9.53. The topological polar surface area (TPSA) is 159 Å². The summed E-state index contributed by atoms with van der Waals surface area (Å²) < 4.78 is 41.0. The third-order valence-corrected chi connectivity index (χ3v) is 8.07. The number of benzene rings is 1. The standard InChI is InChI=1S/C29H33F2N7O5/c1-28(2,41)14-42-17-4-5-19-21(7-17)38(13-22(30)31)36-23(19)26(40)34-16-8-29(9-16)10-18(11-29)43-27-20(24(32)39)6-15-12-33-37(3)25(15)35-27/h4-7,12,16,18,22,41H,8-11,13-14H2,1-3H3,(H2,32,39)(H,34,40). The van der Waals surface area contributed by atoms with Crippen molar-refractivity contribution >= 4 is 33.8 Å². The number of amides is 2. The summed E-state index contributed by atoms with van der Waals surface area (Å²) in [6.45, 7) is 2.52. The summed E-state index contributed by atoms with van der Waals surface area (Å²) in [5.41, 5.74) is 5.69. The predicted molar refractivity (Wildman–Crippen MR) is 151 cm³/mol. The number of rotatable bonds is 10. The Labute approximate surface area is 245 Å². The van der Waals surface area contributed by atoms with Crippen molar-refractivity contribution in [2.75, 3.05) is 6.61 Å². The zero-order valence-corrected chi connectivity index (χ0v) is 24.0. The molecular weight excluding hydrogens is 564 g/mol. The van der Waals surface area contributed by atoms with E-state index in [-0.39, 0.29) is 41.3 Å². The highest BCUT2D eigenvalue weighted by molar-refractivity contribution is 6.05. The van der Waals surface area contributed by atoms with Gasteiger partial charge in [-0.25, -0.2) is 8.78 Å². The lowest BCUT2D eigenvalue weighted by Crippen LogP contribution is -2.58. The first-order chi connectivity index (χ1) is 20.3. The van der Waals surface area contributed by atoms with E-state index in [1.54, 1.807) is 56.0 Å². The summed E-state index contributed by atoms with van der Waals surface area (Å²) in [6.07, 6.45) is 1.75. The third kappa shape index (κ3) is 5.70. The summed E-state index contributed by atoms with van der Waals surface area (Å²) in [4.78, 5) is 29.7. The van der Waals surface area contributed by atoms with Crippen molar-refractivity contribution in [3.05, 3.63) is 41.7 Å². The molecule has 4 aromatic rings. The van der Waals surface area contributed by atoms with E-state index in [1.165, 1.54) is 0 Å². The van der Waals surface area contributed by atoms with E-state index < -0.39 is 30.4 Å². The maximum atomic E-state index is 13.3. The lowest BCUT2D eigenvalue weighted by molar-refractivity contribution is -0.0847. The molecule has 228 valence electrons. The normalized spacial score (nSPS) is 21.7. The number of nitrogens with two attached hydrogens (primary N) is 1. The number of aromatic nitrogens is 5. The van der Waals surface area contributed by atoms with Gasteiger partial charge in [0.2, 0.25) is 5.88 Å². The van der Waals surface area contributed by atoms with E-state index >= 15 is 0 Å². The van der Waals surface area contributed by atoms with Crippen molar-refractivity contribution in [3.63, 3.8) is 0 Å². The van der Waals surface area contributed by atoms with Crippen LogP contribution in [0.4, 0.5) is 8.78 Å². The quantitative estimate of drug-likeness (QED) is 0.252. The maximum absolute atomic E-state index is 13.3. The number of alkyl halides is 2. The molecule has 0 atom stereocenters. The fraction of sp³-hybridized carbons (Fsp3) is 0.483. The van der Waals surface area contributed by atoms with Crippen molar-refractivity contribution in [3.8, 4) is 11.6 Å². The highest BCUT2D eigenvalue weighted by Gasteiger charge is 2.54. The van der Waals surface area contributed by atoms with Crippen LogP contribution in [-0.4, -0.2) is 72.2 Å². The average Bonchev–Trinajstić information content (AvgIpc) is 3.43. The summed E-state index contributed by atoms with van der Waals surface area (Å²) in [6, 6.07) is 6.32. The molecule has 0 unspecified atom stereocenters. The number of primary amides is 1. The molecule has 1 spiro atoms. The summed E-state index contributed by atoms with van der Waals surface area (Å²) in [5, 5.41) is 22.4. The number of hydrogen-bond donors (Lipinski definition) is 3. The van der Waals surface area contributed by atoms with E-state index in [0.717, 1.165) is 30.4 Å². The number of hydrogen-bond acceptors (Lipinski definition) is 8. The summed E-state index contributed by atoms with van der Waals surface area (Å²) >= 11 is 0. The molecule has 43 heavy (non-hydrogen) atoms. The summed E-state index contributed by atoms with van der Waals surface area (Å²) in [5.74, 6) is -0.504. The molecule has 2 aliphatic carbocycles. The van der Waals surface area contributed by atoms with Crippen LogP contribution in [0, 0.1) is 5.41 Å². The van der Waals surface area contributed by atoms with Gasteiger partial charge in [-0.3, -0.25) is 19.0 Å². The van der Waals surface area contributed by atoms with Gasteiger partial charge in [0.1, 0.15) is 30.6 Å². The number of pyridine rings is 1. The Morgan fingerprint density at radius 3 is 2.65 bits per heavy atom. The minimum absolute atomic E-state index is 0.00655. The van der Waals surface area contributed by atoms with Crippen LogP contribution in [0.3, 0.4) is 0 Å². The minimum Gasteiger partial charge on any atom is -0.491 e. The molecule has 0 radical (unpaired) electrons. The molecule has 0 saturated heterocycles. The molecule has 4 N–H and O–H groups in total. The van der Waals surface area contributed by atoms with Crippen molar-refractivity contribution in [1.29, 1.82) is 0 Å². The fourth-order valence-corrected chi connectivity index (χ4v) is 6.09. The van der Waals surface area contributed by atoms with Crippen LogP contribution in [0.2, 0.25) is 0 Å². The van der Waals surface area contributed by atoms with Gasteiger partial charge >= 0.3 is 0 Å². The number of ether oxygens (including phenoxy) is 2. The molecule has 2 amide bonds. The largest absolute Gasteiger partial charge is 0.491 e. The second-order valence-electron chi connectivity index (χ2n) is 12.3. The van der Waals surface area contributed by atoms with Gasteiger partial charge in [-0.05, 0) is 63.1 Å². The molecule has 6 rings (SSSR count). The molecule has 12 nitrogen and oxygen atoms in total. The first kappa shape index (κ1) is 28.8.